The Morgan fingerprint density at radius 2 is 1.51 bits per heavy atom. The number of benzene rings is 1. The fourth-order valence-electron chi connectivity index (χ4n) is 4.92. The van der Waals surface area contributed by atoms with Gasteiger partial charge in [0.05, 0.1) is 12.2 Å². The fourth-order valence-corrected chi connectivity index (χ4v) is 4.92. The van der Waals surface area contributed by atoms with Crippen LogP contribution in [0.1, 0.15) is 108 Å². The third kappa shape index (κ3) is 6.14. The van der Waals surface area contributed by atoms with Crippen LogP contribution in [0.2, 0.25) is 0 Å². The van der Waals surface area contributed by atoms with Crippen LogP contribution in [0.3, 0.4) is 0 Å². The van der Waals surface area contributed by atoms with Gasteiger partial charge in [0.1, 0.15) is 11.2 Å². The van der Waals surface area contributed by atoms with Crippen molar-refractivity contribution in [3.63, 3.8) is 0 Å². The van der Waals surface area contributed by atoms with Gasteiger partial charge < -0.3 is 5.32 Å². The van der Waals surface area contributed by atoms with Gasteiger partial charge in [-0.3, -0.25) is 19.2 Å². The lowest BCUT2D eigenvalue weighted by atomic mass is 9.91. The summed E-state index contributed by atoms with van der Waals surface area (Å²) >= 11 is 0. The molecule has 1 fully saturated rings. The Morgan fingerprint density at radius 3 is 1.94 bits per heavy atom. The first-order chi connectivity index (χ1) is 16.6. The Morgan fingerprint density at radius 1 is 1.00 bits per heavy atom. The number of aryl methyl sites for hydroxylation is 1. The zero-order valence-electron chi connectivity index (χ0n) is 22.6. The van der Waals surface area contributed by atoms with Gasteiger partial charge in [-0.1, -0.05) is 91.2 Å². The molecule has 2 heterocycles. The van der Waals surface area contributed by atoms with Crippen molar-refractivity contribution in [1.29, 1.82) is 0 Å². The summed E-state index contributed by atoms with van der Waals surface area (Å²) in [4.78, 5) is 27.8. The first-order valence-electron chi connectivity index (χ1n) is 13.4. The molecular formula is C29H44N4O2. The Balaban J connectivity index is 0.000000363. The molecule has 0 saturated heterocycles. The first-order valence-corrected chi connectivity index (χ1v) is 13.4. The van der Waals surface area contributed by atoms with Gasteiger partial charge in [0.15, 0.2) is 0 Å². The van der Waals surface area contributed by atoms with Crippen LogP contribution in [0.5, 0.6) is 0 Å². The first kappa shape index (κ1) is 27.0. The third-order valence-electron chi connectivity index (χ3n) is 7.24. The number of nitrogens with zero attached hydrogens (tertiary/aromatic N) is 3. The quantitative estimate of drug-likeness (QED) is 0.583. The molecule has 2 aromatic rings. The van der Waals surface area contributed by atoms with Gasteiger partial charge in [0.2, 0.25) is 5.91 Å². The highest BCUT2D eigenvalue weighted by atomic mass is 16.2. The fraction of sp³-hybridized carbons (Fsp3) is 0.621. The molecule has 4 rings (SSSR count). The van der Waals surface area contributed by atoms with Crippen LogP contribution in [0.25, 0.3) is 0 Å². The summed E-state index contributed by atoms with van der Waals surface area (Å²) in [5.41, 5.74) is 2.02. The Kier molecular flexibility index (Phi) is 8.79. The molecule has 6 heteroatoms. The second-order valence-corrected chi connectivity index (χ2v) is 11.2. The van der Waals surface area contributed by atoms with Crippen LogP contribution < -0.4 is 10.2 Å². The highest BCUT2D eigenvalue weighted by Gasteiger charge is 2.48. The lowest BCUT2D eigenvalue weighted by Gasteiger charge is -2.43. The number of anilines is 1. The van der Waals surface area contributed by atoms with Gasteiger partial charge in [-0.2, -0.15) is 5.10 Å². The van der Waals surface area contributed by atoms with E-state index in [-0.39, 0.29) is 17.2 Å². The van der Waals surface area contributed by atoms with Crippen molar-refractivity contribution in [1.82, 2.24) is 15.1 Å². The maximum atomic E-state index is 13.4. The molecule has 1 aromatic heterocycles. The van der Waals surface area contributed by atoms with E-state index in [1.165, 1.54) is 56.9 Å². The predicted octanol–water partition coefficient (Wildman–Crippen LogP) is 6.03. The van der Waals surface area contributed by atoms with E-state index in [4.69, 9.17) is 0 Å². The number of likely N-dealkylation sites (N-methyl/N-ethyl adjacent to an activating group) is 1. The molecular weight excluding hydrogens is 436 g/mol. The molecule has 0 radical (unpaired) electrons. The summed E-state index contributed by atoms with van der Waals surface area (Å²) in [6.07, 6.45) is 12.9. The van der Waals surface area contributed by atoms with Gasteiger partial charge in [-0.25, -0.2) is 0 Å². The van der Waals surface area contributed by atoms with Gasteiger partial charge in [0, 0.05) is 18.2 Å². The van der Waals surface area contributed by atoms with E-state index in [1.54, 1.807) is 23.6 Å². The number of amides is 2. The van der Waals surface area contributed by atoms with Gasteiger partial charge in [0.25, 0.3) is 5.91 Å². The minimum Gasteiger partial charge on any atom is -0.357 e. The third-order valence-corrected chi connectivity index (χ3v) is 7.24. The summed E-state index contributed by atoms with van der Waals surface area (Å²) in [6, 6.07) is 9.67. The lowest BCUT2D eigenvalue weighted by molar-refractivity contribution is -0.126. The topological polar surface area (TPSA) is 67.2 Å². The van der Waals surface area contributed by atoms with Crippen LogP contribution in [0.4, 0.5) is 5.69 Å². The number of carbonyl (C=O) groups is 2. The molecule has 2 amide bonds. The minimum absolute atomic E-state index is 0.179. The summed E-state index contributed by atoms with van der Waals surface area (Å²) in [7, 11) is 1.59. The Labute approximate surface area is 211 Å². The number of hydrogen-bond donors (Lipinski definition) is 1. The summed E-state index contributed by atoms with van der Waals surface area (Å²) in [5.74, 6) is -0.423. The van der Waals surface area contributed by atoms with Gasteiger partial charge in [-0.05, 0) is 37.1 Å². The van der Waals surface area contributed by atoms with Crippen LogP contribution >= 0.6 is 0 Å². The largest absolute Gasteiger partial charge is 0.357 e. The Bertz CT molecular complexity index is 979. The van der Waals surface area contributed by atoms with E-state index in [1.807, 2.05) is 30.3 Å². The average molecular weight is 481 g/mol. The maximum absolute atomic E-state index is 13.4. The molecule has 1 saturated carbocycles. The molecule has 0 spiro atoms. The standard InChI is InChI=1S/C21H28N4O2.C8H16/c1-7-14-8-10-15(11-9-14)25-18(26)16-12-17(20(2,3)4)23-24(16)13-21(25,5)19(27)22-6;1-2-4-6-8-7-5-3-1/h8-12H,7,13H2,1-6H3,(H,22,27);1-8H2. The molecule has 1 aliphatic heterocycles. The van der Waals surface area contributed by atoms with E-state index < -0.39 is 5.54 Å². The molecule has 35 heavy (non-hydrogen) atoms. The predicted molar refractivity (Wildman–Crippen MR) is 143 cm³/mol. The van der Waals surface area contributed by atoms with Gasteiger partial charge in [-0.15, -0.1) is 0 Å². The number of rotatable bonds is 3. The van der Waals surface area contributed by atoms with E-state index in [0.717, 1.165) is 12.1 Å². The normalized spacial score (nSPS) is 20.7. The highest BCUT2D eigenvalue weighted by molar-refractivity contribution is 6.11. The molecule has 1 N–H and O–H groups in total. The van der Waals surface area contributed by atoms with Gasteiger partial charge >= 0.3 is 0 Å². The maximum Gasteiger partial charge on any atom is 0.277 e. The Hall–Kier alpha value is -2.63. The van der Waals surface area contributed by atoms with E-state index in [0.29, 0.717) is 17.9 Å². The molecule has 2 aliphatic rings. The van der Waals surface area contributed by atoms with Crippen molar-refractivity contribution in [3.8, 4) is 0 Å². The zero-order chi connectivity index (χ0) is 25.6. The number of fused-ring (bicyclic) bond motifs is 1. The van der Waals surface area contributed by atoms with Crippen molar-refractivity contribution in [2.45, 2.75) is 110 Å². The summed E-state index contributed by atoms with van der Waals surface area (Å²) in [6.45, 7) is 10.4. The van der Waals surface area contributed by atoms with Crippen LogP contribution in [0, 0.1) is 0 Å². The van der Waals surface area contributed by atoms with E-state index in [2.05, 4.69) is 38.1 Å². The second-order valence-electron chi connectivity index (χ2n) is 11.2. The monoisotopic (exact) mass is 480 g/mol. The molecule has 1 unspecified atom stereocenters. The molecule has 0 bridgehead atoms. The van der Waals surface area contributed by atoms with Crippen molar-refractivity contribution in [2.75, 3.05) is 11.9 Å². The van der Waals surface area contributed by atoms with Crippen LogP contribution in [-0.4, -0.2) is 34.2 Å². The highest BCUT2D eigenvalue weighted by Crippen LogP contribution is 2.34. The molecule has 192 valence electrons. The van der Waals surface area contributed by atoms with Crippen molar-refractivity contribution in [2.24, 2.45) is 0 Å². The molecule has 1 aromatic carbocycles. The van der Waals surface area contributed by atoms with Crippen LogP contribution in [0.15, 0.2) is 30.3 Å². The van der Waals surface area contributed by atoms with Crippen molar-refractivity contribution in [3.05, 3.63) is 47.3 Å². The molecule has 1 aliphatic carbocycles. The summed E-state index contributed by atoms with van der Waals surface area (Å²) in [5, 5.41) is 7.34. The zero-order valence-corrected chi connectivity index (χ0v) is 22.6. The number of carbonyl (C=O) groups excluding carboxylic acids is 2. The SMILES string of the molecule is C1CCCCCCC1.CCc1ccc(N2C(=O)c3cc(C(C)(C)C)nn3CC2(C)C(=O)NC)cc1. The van der Waals surface area contributed by atoms with Crippen molar-refractivity contribution < 1.29 is 9.59 Å². The van der Waals surface area contributed by atoms with E-state index in [9.17, 15) is 9.59 Å². The minimum atomic E-state index is -1.06. The van der Waals surface area contributed by atoms with E-state index >= 15 is 0 Å². The average Bonchev–Trinajstić information content (AvgIpc) is 3.23. The molecule has 6 nitrogen and oxygen atoms in total. The number of hydrogen-bond acceptors (Lipinski definition) is 3. The summed E-state index contributed by atoms with van der Waals surface area (Å²) < 4.78 is 1.68. The number of aromatic nitrogens is 2. The van der Waals surface area contributed by atoms with Crippen LogP contribution in [-0.2, 0) is 23.2 Å². The van der Waals surface area contributed by atoms with Crippen molar-refractivity contribution >= 4 is 17.5 Å². The second kappa shape index (κ2) is 11.4. The smallest absolute Gasteiger partial charge is 0.277 e. The molecule has 1 atom stereocenters. The number of nitrogens with one attached hydrogen (secondary N) is 1. The lowest BCUT2D eigenvalue weighted by Crippen LogP contribution is -2.64.